The molecule has 5 nitrogen and oxygen atoms in total. The molecule has 0 amide bonds. The highest BCUT2D eigenvalue weighted by Crippen LogP contribution is 2.09. The second-order valence-corrected chi connectivity index (χ2v) is 4.86. The molecule has 1 atom stereocenters. The van der Waals surface area contributed by atoms with Crippen molar-refractivity contribution in [2.75, 3.05) is 24.5 Å². The Bertz CT molecular complexity index is 440. The Morgan fingerprint density at radius 3 is 2.94 bits per heavy atom. The van der Waals surface area contributed by atoms with E-state index in [-0.39, 0.29) is 11.6 Å². The van der Waals surface area contributed by atoms with Crippen LogP contribution in [0, 0.1) is 0 Å². The topological polar surface area (TPSA) is 50.2 Å². The molecule has 1 saturated heterocycles. The molecule has 1 aliphatic rings. The molecular weight excluding hydrogens is 216 g/mol. The minimum absolute atomic E-state index is 0.0107. The van der Waals surface area contributed by atoms with E-state index in [9.17, 15) is 4.79 Å². The highest BCUT2D eigenvalue weighted by Gasteiger charge is 2.20. The van der Waals surface area contributed by atoms with Gasteiger partial charge in [0.05, 0.1) is 0 Å². The maximum absolute atomic E-state index is 12.3. The fraction of sp³-hybridized carbons (Fsp3) is 0.667. The van der Waals surface area contributed by atoms with Crippen molar-refractivity contribution in [2.24, 2.45) is 0 Å². The molecule has 1 aromatic heterocycles. The number of nitrogens with one attached hydrogen (secondary N) is 1. The van der Waals surface area contributed by atoms with Gasteiger partial charge < -0.3 is 14.8 Å². The summed E-state index contributed by atoms with van der Waals surface area (Å²) >= 11 is 0. The predicted molar refractivity (Wildman–Crippen MR) is 68.6 cm³/mol. The van der Waals surface area contributed by atoms with Gasteiger partial charge >= 0.3 is 0 Å². The zero-order chi connectivity index (χ0) is 12.4. The van der Waals surface area contributed by atoms with Crippen LogP contribution in [0.4, 0.5) is 5.82 Å². The summed E-state index contributed by atoms with van der Waals surface area (Å²) in [6.07, 6.45) is 3.46. The van der Waals surface area contributed by atoms with Crippen LogP contribution in [0.1, 0.15) is 26.8 Å². The van der Waals surface area contributed by atoms with Gasteiger partial charge in [-0.3, -0.25) is 4.79 Å². The lowest BCUT2D eigenvalue weighted by Crippen LogP contribution is -2.51. The van der Waals surface area contributed by atoms with Crippen LogP contribution >= 0.6 is 0 Å². The van der Waals surface area contributed by atoms with Gasteiger partial charge in [-0.25, -0.2) is 4.98 Å². The van der Waals surface area contributed by atoms with Crippen molar-refractivity contribution >= 4 is 5.82 Å². The van der Waals surface area contributed by atoms with Crippen LogP contribution in [0.5, 0.6) is 0 Å². The van der Waals surface area contributed by atoms with Crippen LogP contribution in [0.2, 0.25) is 0 Å². The fourth-order valence-electron chi connectivity index (χ4n) is 2.16. The molecule has 0 unspecified atom stereocenters. The maximum atomic E-state index is 12.3. The van der Waals surface area contributed by atoms with Crippen molar-refractivity contribution in [3.63, 3.8) is 0 Å². The summed E-state index contributed by atoms with van der Waals surface area (Å²) in [4.78, 5) is 18.6. The molecule has 1 aliphatic heterocycles. The Morgan fingerprint density at radius 2 is 2.29 bits per heavy atom. The highest BCUT2D eigenvalue weighted by atomic mass is 16.1. The van der Waals surface area contributed by atoms with Crippen molar-refractivity contribution in [3.05, 3.63) is 22.7 Å². The van der Waals surface area contributed by atoms with Gasteiger partial charge in [-0.05, 0) is 20.8 Å². The van der Waals surface area contributed by atoms with Crippen molar-refractivity contribution < 1.29 is 0 Å². The van der Waals surface area contributed by atoms with E-state index in [1.165, 1.54) is 0 Å². The van der Waals surface area contributed by atoms with Crippen LogP contribution in [0.25, 0.3) is 0 Å². The van der Waals surface area contributed by atoms with E-state index in [1.54, 1.807) is 17.0 Å². The lowest BCUT2D eigenvalue weighted by Gasteiger charge is -2.32. The standard InChI is InChI=1S/C12H20N4O/c1-9(2)16-7-5-14-11(12(16)17)15-6-4-13-10(3)8-15/h5,7,9-10,13H,4,6,8H2,1-3H3/t10-/m0/s1. The molecule has 94 valence electrons. The Kier molecular flexibility index (Phi) is 3.47. The third-order valence-electron chi connectivity index (χ3n) is 3.07. The molecule has 1 fully saturated rings. The summed E-state index contributed by atoms with van der Waals surface area (Å²) in [6, 6.07) is 0.572. The monoisotopic (exact) mass is 236 g/mol. The summed E-state index contributed by atoms with van der Waals surface area (Å²) in [5.74, 6) is 0.578. The van der Waals surface area contributed by atoms with Crippen molar-refractivity contribution in [1.29, 1.82) is 0 Å². The molecule has 17 heavy (non-hydrogen) atoms. The maximum Gasteiger partial charge on any atom is 0.293 e. The van der Waals surface area contributed by atoms with Gasteiger partial charge in [0.15, 0.2) is 5.82 Å². The van der Waals surface area contributed by atoms with Gasteiger partial charge in [-0.15, -0.1) is 0 Å². The molecule has 0 radical (unpaired) electrons. The first-order valence-electron chi connectivity index (χ1n) is 6.15. The Balaban J connectivity index is 2.32. The average Bonchev–Trinajstić information content (AvgIpc) is 2.29. The summed E-state index contributed by atoms with van der Waals surface area (Å²) in [7, 11) is 0. The predicted octanol–water partition coefficient (Wildman–Crippen LogP) is 0.622. The van der Waals surface area contributed by atoms with Crippen LogP contribution in [0.15, 0.2) is 17.2 Å². The van der Waals surface area contributed by atoms with E-state index < -0.39 is 0 Å². The zero-order valence-corrected chi connectivity index (χ0v) is 10.7. The van der Waals surface area contributed by atoms with Gasteiger partial charge in [0.2, 0.25) is 0 Å². The first kappa shape index (κ1) is 12.1. The van der Waals surface area contributed by atoms with Gasteiger partial charge in [0.25, 0.3) is 5.56 Å². The van der Waals surface area contributed by atoms with E-state index in [4.69, 9.17) is 0 Å². The normalized spacial score (nSPS) is 20.9. The molecule has 5 heteroatoms. The molecular formula is C12H20N4O. The third-order valence-corrected chi connectivity index (χ3v) is 3.07. The smallest absolute Gasteiger partial charge is 0.293 e. The SMILES string of the molecule is CC(C)n1ccnc(N2CCN[C@@H](C)C2)c1=O. The van der Waals surface area contributed by atoms with E-state index in [0.29, 0.717) is 11.9 Å². The number of aromatic nitrogens is 2. The second-order valence-electron chi connectivity index (χ2n) is 4.86. The third kappa shape index (κ3) is 2.49. The molecule has 2 rings (SSSR count). The summed E-state index contributed by atoms with van der Waals surface area (Å²) in [5, 5.41) is 3.36. The minimum Gasteiger partial charge on any atom is -0.349 e. The number of hydrogen-bond acceptors (Lipinski definition) is 4. The Hall–Kier alpha value is -1.36. The van der Waals surface area contributed by atoms with E-state index in [0.717, 1.165) is 19.6 Å². The first-order valence-corrected chi connectivity index (χ1v) is 6.15. The summed E-state index contributed by atoms with van der Waals surface area (Å²) in [5.41, 5.74) is 0.0107. The van der Waals surface area contributed by atoms with Gasteiger partial charge in [-0.2, -0.15) is 0 Å². The molecule has 0 aromatic carbocycles. The number of rotatable bonds is 2. The second kappa shape index (κ2) is 4.87. The van der Waals surface area contributed by atoms with Crippen LogP contribution in [0.3, 0.4) is 0 Å². The van der Waals surface area contributed by atoms with E-state index in [1.807, 2.05) is 13.8 Å². The van der Waals surface area contributed by atoms with Crippen LogP contribution in [-0.2, 0) is 0 Å². The quantitative estimate of drug-likeness (QED) is 0.818. The molecule has 0 aliphatic carbocycles. The van der Waals surface area contributed by atoms with Crippen molar-refractivity contribution in [3.8, 4) is 0 Å². The van der Waals surface area contributed by atoms with Gasteiger partial charge in [0.1, 0.15) is 0 Å². The zero-order valence-electron chi connectivity index (χ0n) is 10.7. The first-order chi connectivity index (χ1) is 8.09. The molecule has 0 spiro atoms. The average molecular weight is 236 g/mol. The van der Waals surface area contributed by atoms with E-state index in [2.05, 4.69) is 22.1 Å². The molecule has 2 heterocycles. The fourth-order valence-corrected chi connectivity index (χ4v) is 2.16. The Morgan fingerprint density at radius 1 is 1.53 bits per heavy atom. The summed E-state index contributed by atoms with van der Waals surface area (Å²) < 4.78 is 1.73. The van der Waals surface area contributed by atoms with Crippen LogP contribution in [-0.4, -0.2) is 35.2 Å². The molecule has 1 aromatic rings. The lowest BCUT2D eigenvalue weighted by atomic mass is 10.2. The minimum atomic E-state index is 0.0107. The number of piperazine rings is 1. The number of nitrogens with zero attached hydrogens (tertiary/aromatic N) is 3. The largest absolute Gasteiger partial charge is 0.349 e. The van der Waals surface area contributed by atoms with Gasteiger partial charge in [0, 0.05) is 44.1 Å². The number of hydrogen-bond donors (Lipinski definition) is 1. The van der Waals surface area contributed by atoms with Gasteiger partial charge in [-0.1, -0.05) is 0 Å². The van der Waals surface area contributed by atoms with E-state index >= 15 is 0 Å². The Labute approximate surface area is 101 Å². The van der Waals surface area contributed by atoms with Crippen molar-refractivity contribution in [1.82, 2.24) is 14.9 Å². The van der Waals surface area contributed by atoms with Crippen molar-refractivity contribution in [2.45, 2.75) is 32.9 Å². The molecule has 0 bridgehead atoms. The lowest BCUT2D eigenvalue weighted by molar-refractivity contribution is 0.477. The number of anilines is 1. The molecule has 0 saturated carbocycles. The summed E-state index contributed by atoms with van der Waals surface area (Å²) in [6.45, 7) is 8.71. The highest BCUT2D eigenvalue weighted by molar-refractivity contribution is 5.36. The molecule has 1 N–H and O–H groups in total. The van der Waals surface area contributed by atoms with Crippen LogP contribution < -0.4 is 15.8 Å².